The van der Waals surface area contributed by atoms with Crippen LogP contribution in [-0.4, -0.2) is 19.4 Å². The molecule has 0 atom stereocenters. The van der Waals surface area contributed by atoms with Crippen molar-refractivity contribution in [2.24, 2.45) is 0 Å². The summed E-state index contributed by atoms with van der Waals surface area (Å²) in [5.74, 6) is 1.22. The third-order valence-corrected chi connectivity index (χ3v) is 3.14. The van der Waals surface area contributed by atoms with Crippen LogP contribution in [0, 0.1) is 13.8 Å². The van der Waals surface area contributed by atoms with Gasteiger partial charge >= 0.3 is 4.87 Å². The molecule has 0 radical (unpaired) electrons. The highest BCUT2D eigenvalue weighted by molar-refractivity contribution is 7.12. The third-order valence-electron chi connectivity index (χ3n) is 2.37. The summed E-state index contributed by atoms with van der Waals surface area (Å²) in [5, 5.41) is 0. The van der Waals surface area contributed by atoms with Gasteiger partial charge in [-0.3, -0.25) is 9.20 Å². The Kier molecular flexibility index (Phi) is 1.81. The number of rotatable bonds is 0. The van der Waals surface area contributed by atoms with Gasteiger partial charge in [0.2, 0.25) is 5.78 Å². The van der Waals surface area contributed by atoms with Gasteiger partial charge in [0.05, 0.1) is 11.1 Å². The zero-order valence-corrected chi connectivity index (χ0v) is 9.58. The van der Waals surface area contributed by atoms with E-state index in [9.17, 15) is 4.79 Å². The first-order valence-electron chi connectivity index (χ1n) is 4.78. The molecular weight excluding hydrogens is 224 g/mol. The molecule has 0 fully saturated rings. The number of fused-ring (bicyclic) bond motifs is 3. The maximum Gasteiger partial charge on any atom is 0.329 e. The lowest BCUT2D eigenvalue weighted by molar-refractivity contribution is 0.952. The number of aromatic nitrogens is 4. The van der Waals surface area contributed by atoms with Gasteiger partial charge in [-0.1, -0.05) is 11.3 Å². The largest absolute Gasteiger partial charge is 0.329 e. The monoisotopic (exact) mass is 232 g/mol. The molecule has 0 unspecified atom stereocenters. The van der Waals surface area contributed by atoms with E-state index in [-0.39, 0.29) is 4.87 Å². The van der Waals surface area contributed by atoms with Crippen molar-refractivity contribution >= 4 is 17.1 Å². The molecule has 2 aliphatic heterocycles. The Labute approximate surface area is 94.8 Å². The summed E-state index contributed by atoms with van der Waals surface area (Å²) in [4.78, 5) is 24.4. The fraction of sp³-hybridized carbons (Fsp3) is 0.200. The van der Waals surface area contributed by atoms with E-state index in [1.165, 1.54) is 0 Å². The number of hydrogen-bond acceptors (Lipinski definition) is 5. The molecule has 0 amide bonds. The molecule has 3 heterocycles. The van der Waals surface area contributed by atoms with E-state index in [0.29, 0.717) is 11.6 Å². The Hall–Kier alpha value is -1.82. The SMILES string of the molecule is Cc1cc(C)n2c3nc(=O)sc-3cnc2n1. The minimum atomic E-state index is -0.197. The van der Waals surface area contributed by atoms with E-state index in [4.69, 9.17) is 0 Å². The van der Waals surface area contributed by atoms with Crippen LogP contribution in [0.25, 0.3) is 16.5 Å². The van der Waals surface area contributed by atoms with Crippen LogP contribution in [0.3, 0.4) is 0 Å². The summed E-state index contributed by atoms with van der Waals surface area (Å²) in [5.41, 5.74) is 1.88. The first-order valence-corrected chi connectivity index (χ1v) is 5.59. The molecule has 6 heteroatoms. The second-order valence-electron chi connectivity index (χ2n) is 3.60. The van der Waals surface area contributed by atoms with Crippen molar-refractivity contribution in [1.29, 1.82) is 0 Å². The normalized spacial score (nSPS) is 11.4. The Balaban J connectivity index is 2.58. The third kappa shape index (κ3) is 1.23. The minimum absolute atomic E-state index is 0.197. The first-order chi connectivity index (χ1) is 7.65. The smallest absolute Gasteiger partial charge is 0.266 e. The number of nitrogens with zero attached hydrogens (tertiary/aromatic N) is 4. The molecule has 0 aromatic carbocycles. The molecule has 1 aromatic rings. The average molecular weight is 232 g/mol. The van der Waals surface area contributed by atoms with Crippen LogP contribution in [0.2, 0.25) is 0 Å². The lowest BCUT2D eigenvalue weighted by atomic mass is 10.3. The van der Waals surface area contributed by atoms with Crippen LogP contribution >= 0.6 is 11.3 Å². The maximum atomic E-state index is 11.3. The lowest BCUT2D eigenvalue weighted by Crippen LogP contribution is -2.05. The molecular formula is C10H8N4OS. The number of aryl methyl sites for hydroxylation is 2. The average Bonchev–Trinajstić information content (AvgIpc) is 2.56. The fourth-order valence-corrected chi connectivity index (χ4v) is 2.43. The van der Waals surface area contributed by atoms with Crippen LogP contribution in [-0.2, 0) is 0 Å². The van der Waals surface area contributed by atoms with Gasteiger partial charge in [-0.25, -0.2) is 9.97 Å². The Morgan fingerprint density at radius 3 is 2.94 bits per heavy atom. The Morgan fingerprint density at radius 1 is 1.31 bits per heavy atom. The van der Waals surface area contributed by atoms with Gasteiger partial charge in [0.15, 0.2) is 5.82 Å². The molecule has 80 valence electrons. The summed E-state index contributed by atoms with van der Waals surface area (Å²) in [6, 6.07) is 1.94. The number of thiazole rings is 1. The quantitative estimate of drug-likeness (QED) is 0.585. The van der Waals surface area contributed by atoms with Crippen LogP contribution in [0.4, 0.5) is 0 Å². The van der Waals surface area contributed by atoms with Crippen molar-refractivity contribution < 1.29 is 0 Å². The zero-order valence-electron chi connectivity index (χ0n) is 8.76. The molecule has 1 aromatic heterocycles. The molecule has 0 N–H and O–H groups in total. The minimum Gasteiger partial charge on any atom is -0.266 e. The van der Waals surface area contributed by atoms with Crippen molar-refractivity contribution in [3.05, 3.63) is 33.3 Å². The van der Waals surface area contributed by atoms with Crippen molar-refractivity contribution in [2.75, 3.05) is 0 Å². The van der Waals surface area contributed by atoms with Crippen molar-refractivity contribution in [3.63, 3.8) is 0 Å². The highest BCUT2D eigenvalue weighted by Crippen LogP contribution is 2.22. The molecule has 5 nitrogen and oxygen atoms in total. The molecule has 0 saturated heterocycles. The molecule has 0 bridgehead atoms. The van der Waals surface area contributed by atoms with Gasteiger partial charge in [0.25, 0.3) is 0 Å². The molecule has 3 rings (SSSR count). The topological polar surface area (TPSA) is 60.2 Å². The van der Waals surface area contributed by atoms with Gasteiger partial charge in [0, 0.05) is 11.4 Å². The summed E-state index contributed by atoms with van der Waals surface area (Å²) in [6.07, 6.45) is 1.65. The van der Waals surface area contributed by atoms with Gasteiger partial charge < -0.3 is 0 Å². The van der Waals surface area contributed by atoms with Crippen LogP contribution in [0.1, 0.15) is 11.4 Å². The van der Waals surface area contributed by atoms with E-state index in [2.05, 4.69) is 15.0 Å². The van der Waals surface area contributed by atoms with Crippen molar-refractivity contribution in [1.82, 2.24) is 19.4 Å². The van der Waals surface area contributed by atoms with Crippen LogP contribution in [0.5, 0.6) is 0 Å². The highest BCUT2D eigenvalue weighted by Gasteiger charge is 2.14. The lowest BCUT2D eigenvalue weighted by Gasteiger charge is -2.08. The molecule has 0 aliphatic carbocycles. The molecule has 0 saturated carbocycles. The first kappa shape index (κ1) is 9.41. The summed E-state index contributed by atoms with van der Waals surface area (Å²) < 4.78 is 1.81. The fourth-order valence-electron chi connectivity index (χ4n) is 1.78. The Bertz CT molecular complexity index is 715. The van der Waals surface area contributed by atoms with E-state index in [0.717, 1.165) is 27.6 Å². The van der Waals surface area contributed by atoms with E-state index >= 15 is 0 Å². The van der Waals surface area contributed by atoms with E-state index < -0.39 is 0 Å². The predicted octanol–water partition coefficient (Wildman–Crippen LogP) is 1.27. The van der Waals surface area contributed by atoms with Crippen molar-refractivity contribution in [2.45, 2.75) is 13.8 Å². The predicted molar refractivity (Wildman–Crippen MR) is 61.0 cm³/mol. The van der Waals surface area contributed by atoms with Gasteiger partial charge in [-0.15, -0.1) is 0 Å². The van der Waals surface area contributed by atoms with E-state index in [1.807, 2.05) is 19.9 Å². The summed E-state index contributed by atoms with van der Waals surface area (Å²) >= 11 is 1.10. The second kappa shape index (κ2) is 3.08. The molecule has 2 aliphatic rings. The molecule has 0 spiro atoms. The Morgan fingerprint density at radius 2 is 2.12 bits per heavy atom. The number of hydrogen-bond donors (Lipinski definition) is 0. The zero-order chi connectivity index (χ0) is 11.3. The summed E-state index contributed by atoms with van der Waals surface area (Å²) in [7, 11) is 0. The second-order valence-corrected chi connectivity index (χ2v) is 4.59. The van der Waals surface area contributed by atoms with Gasteiger partial charge in [-0.05, 0) is 19.9 Å². The molecule has 16 heavy (non-hydrogen) atoms. The van der Waals surface area contributed by atoms with Crippen LogP contribution < -0.4 is 4.87 Å². The van der Waals surface area contributed by atoms with E-state index in [1.54, 1.807) is 10.6 Å². The highest BCUT2D eigenvalue weighted by atomic mass is 32.1. The standard InChI is InChI=1S/C10H8N4OS/c1-5-3-6(2)14-8-7(16-10(15)13-8)4-11-9(14)12-5/h3-4H,1-2H3. The van der Waals surface area contributed by atoms with Gasteiger partial charge in [-0.2, -0.15) is 4.98 Å². The van der Waals surface area contributed by atoms with Crippen molar-refractivity contribution in [3.8, 4) is 10.7 Å². The van der Waals surface area contributed by atoms with Crippen LogP contribution in [0.15, 0.2) is 17.1 Å². The summed E-state index contributed by atoms with van der Waals surface area (Å²) in [6.45, 7) is 3.87. The maximum absolute atomic E-state index is 11.3. The van der Waals surface area contributed by atoms with Gasteiger partial charge in [0.1, 0.15) is 0 Å².